The number of amides is 1. The van der Waals surface area contributed by atoms with Gasteiger partial charge in [-0.05, 0) is 70.0 Å². The maximum Gasteiger partial charge on any atom is 0.244 e. The monoisotopic (exact) mass is 455 g/mol. The minimum atomic E-state index is -0.451. The third-order valence-electron chi connectivity index (χ3n) is 4.81. The standard InChI is InChI=1S/C24H29NO4S.C2H4/c1-23(2,3)29-25-22(27)17-24(15-13-18(26)14-16-24)30-21-11-9-20(10-12-21)28-19-7-5-4-6-8-19;1-2/h4-12H,13-17H2,1-3H3,(H,25,27);1-2H2. The van der Waals surface area contributed by atoms with Crippen LogP contribution in [0.1, 0.15) is 52.9 Å². The van der Waals surface area contributed by atoms with Crippen LogP contribution in [0, 0.1) is 0 Å². The Hall–Kier alpha value is -2.57. The molecule has 0 spiro atoms. The van der Waals surface area contributed by atoms with Gasteiger partial charge in [0.05, 0.1) is 5.60 Å². The van der Waals surface area contributed by atoms with E-state index in [1.807, 2.05) is 75.4 Å². The fraction of sp³-hybridized carbons (Fsp3) is 0.385. The van der Waals surface area contributed by atoms with Crippen molar-refractivity contribution < 1.29 is 19.2 Å². The summed E-state index contributed by atoms with van der Waals surface area (Å²) < 4.78 is 5.54. The molecule has 0 radical (unpaired) electrons. The largest absolute Gasteiger partial charge is 0.457 e. The fourth-order valence-electron chi connectivity index (χ4n) is 3.29. The lowest BCUT2D eigenvalue weighted by Gasteiger charge is -2.36. The summed E-state index contributed by atoms with van der Waals surface area (Å²) in [5, 5.41) is 0. The van der Waals surface area contributed by atoms with Gasteiger partial charge in [0.2, 0.25) is 5.91 Å². The number of carbonyl (C=O) groups is 2. The molecule has 0 unspecified atom stereocenters. The summed E-state index contributed by atoms with van der Waals surface area (Å²) in [5.41, 5.74) is 2.12. The number of hydroxylamine groups is 1. The highest BCUT2D eigenvalue weighted by Gasteiger charge is 2.38. The molecule has 1 N–H and O–H groups in total. The summed E-state index contributed by atoms with van der Waals surface area (Å²) in [7, 11) is 0. The van der Waals surface area contributed by atoms with Gasteiger partial charge < -0.3 is 4.74 Å². The van der Waals surface area contributed by atoms with Crippen molar-refractivity contribution in [2.24, 2.45) is 0 Å². The van der Waals surface area contributed by atoms with E-state index in [1.54, 1.807) is 11.8 Å². The molecule has 5 nitrogen and oxygen atoms in total. The van der Waals surface area contributed by atoms with E-state index >= 15 is 0 Å². The zero-order valence-electron chi connectivity index (χ0n) is 19.2. The van der Waals surface area contributed by atoms with E-state index in [1.165, 1.54) is 0 Å². The average molecular weight is 456 g/mol. The van der Waals surface area contributed by atoms with Crippen molar-refractivity contribution in [1.29, 1.82) is 0 Å². The number of carbonyl (C=O) groups excluding carboxylic acids is 2. The number of benzene rings is 2. The molecule has 0 aliphatic heterocycles. The van der Waals surface area contributed by atoms with Crippen molar-refractivity contribution in [1.82, 2.24) is 5.48 Å². The SMILES string of the molecule is C=C.CC(C)(C)ONC(=O)CC1(Sc2ccc(Oc3ccccc3)cc2)CCC(=O)CC1. The highest BCUT2D eigenvalue weighted by molar-refractivity contribution is 8.00. The number of thioether (sulfide) groups is 1. The van der Waals surface area contributed by atoms with Gasteiger partial charge in [-0.3, -0.25) is 14.4 Å². The molecular formula is C26H33NO4S. The average Bonchev–Trinajstić information content (AvgIpc) is 2.78. The smallest absolute Gasteiger partial charge is 0.244 e. The van der Waals surface area contributed by atoms with Gasteiger partial charge >= 0.3 is 0 Å². The minimum absolute atomic E-state index is 0.157. The second-order valence-corrected chi connectivity index (χ2v) is 10.2. The normalized spacial score (nSPS) is 15.3. The molecule has 0 atom stereocenters. The van der Waals surface area contributed by atoms with Gasteiger partial charge in [0.15, 0.2) is 0 Å². The molecule has 2 aromatic rings. The number of hydrogen-bond donors (Lipinski definition) is 1. The number of nitrogens with one attached hydrogen (secondary N) is 1. The lowest BCUT2D eigenvalue weighted by atomic mass is 9.85. The first kappa shape index (κ1) is 25.7. The van der Waals surface area contributed by atoms with Crippen molar-refractivity contribution >= 4 is 23.5 Å². The second kappa shape index (κ2) is 11.9. The van der Waals surface area contributed by atoms with Gasteiger partial charge in [-0.15, -0.1) is 24.9 Å². The van der Waals surface area contributed by atoms with Crippen molar-refractivity contribution in [2.45, 2.75) is 68.1 Å². The van der Waals surface area contributed by atoms with Gasteiger partial charge in [-0.1, -0.05) is 18.2 Å². The van der Waals surface area contributed by atoms with E-state index in [0.29, 0.717) is 32.1 Å². The Morgan fingerprint density at radius 1 is 1.00 bits per heavy atom. The van der Waals surface area contributed by atoms with Gasteiger partial charge in [-0.2, -0.15) is 0 Å². The molecule has 1 fully saturated rings. The summed E-state index contributed by atoms with van der Waals surface area (Å²) in [5.74, 6) is 1.66. The predicted octanol–water partition coefficient (Wildman–Crippen LogP) is 6.49. The van der Waals surface area contributed by atoms with Crippen molar-refractivity contribution in [2.75, 3.05) is 0 Å². The Morgan fingerprint density at radius 3 is 2.12 bits per heavy atom. The van der Waals surface area contributed by atoms with Crippen LogP contribution in [-0.2, 0) is 14.4 Å². The molecule has 3 rings (SSSR count). The second-order valence-electron chi connectivity index (χ2n) is 8.63. The lowest BCUT2D eigenvalue weighted by molar-refractivity contribution is -0.146. The number of ether oxygens (including phenoxy) is 1. The van der Waals surface area contributed by atoms with Crippen LogP contribution in [0.5, 0.6) is 11.5 Å². The van der Waals surface area contributed by atoms with Crippen LogP contribution in [-0.4, -0.2) is 22.0 Å². The Kier molecular flexibility index (Phi) is 9.54. The molecule has 0 bridgehead atoms. The van der Waals surface area contributed by atoms with Crippen LogP contribution in [0.4, 0.5) is 0 Å². The highest BCUT2D eigenvalue weighted by atomic mass is 32.2. The van der Waals surface area contributed by atoms with E-state index in [2.05, 4.69) is 18.6 Å². The molecule has 1 amide bonds. The van der Waals surface area contributed by atoms with E-state index in [0.717, 1.165) is 16.4 Å². The zero-order chi connectivity index (χ0) is 23.6. The first-order valence-electron chi connectivity index (χ1n) is 10.7. The quantitative estimate of drug-likeness (QED) is 0.382. The Balaban J connectivity index is 0.00000176. The molecule has 1 aliphatic rings. The summed E-state index contributed by atoms with van der Waals surface area (Å²) in [6.45, 7) is 11.7. The Labute approximate surface area is 195 Å². The van der Waals surface area contributed by atoms with Crippen molar-refractivity contribution in [3.8, 4) is 11.5 Å². The number of ketones is 1. The molecule has 0 aromatic heterocycles. The molecule has 1 aliphatic carbocycles. The predicted molar refractivity (Wildman–Crippen MR) is 130 cm³/mol. The maximum absolute atomic E-state index is 12.5. The van der Waals surface area contributed by atoms with E-state index in [-0.39, 0.29) is 16.4 Å². The molecule has 6 heteroatoms. The Bertz CT molecular complexity index is 865. The number of hydrogen-bond acceptors (Lipinski definition) is 5. The summed E-state index contributed by atoms with van der Waals surface area (Å²) in [6.07, 6.45) is 2.69. The fourth-order valence-corrected chi connectivity index (χ4v) is 4.67. The summed E-state index contributed by atoms with van der Waals surface area (Å²) in [6, 6.07) is 17.5. The van der Waals surface area contributed by atoms with Gasteiger partial charge in [0.25, 0.3) is 0 Å². The lowest BCUT2D eigenvalue weighted by Crippen LogP contribution is -2.40. The minimum Gasteiger partial charge on any atom is -0.457 e. The van der Waals surface area contributed by atoms with Crippen LogP contribution in [0.3, 0.4) is 0 Å². The van der Waals surface area contributed by atoms with Gasteiger partial charge in [-0.25, -0.2) is 5.48 Å². The highest BCUT2D eigenvalue weighted by Crippen LogP contribution is 2.46. The zero-order valence-corrected chi connectivity index (χ0v) is 20.0. The molecule has 2 aromatic carbocycles. The van der Waals surface area contributed by atoms with Crippen LogP contribution in [0.15, 0.2) is 72.7 Å². The van der Waals surface area contributed by atoms with Crippen LogP contribution < -0.4 is 10.2 Å². The molecule has 32 heavy (non-hydrogen) atoms. The van der Waals surface area contributed by atoms with Gasteiger partial charge in [0, 0.05) is 28.9 Å². The molecule has 172 valence electrons. The third-order valence-corrected chi connectivity index (χ3v) is 6.30. The molecule has 0 saturated heterocycles. The summed E-state index contributed by atoms with van der Waals surface area (Å²) >= 11 is 1.67. The Morgan fingerprint density at radius 2 is 1.56 bits per heavy atom. The van der Waals surface area contributed by atoms with Crippen LogP contribution >= 0.6 is 11.8 Å². The van der Waals surface area contributed by atoms with Crippen molar-refractivity contribution in [3.63, 3.8) is 0 Å². The number of rotatable bonds is 7. The van der Waals surface area contributed by atoms with E-state index in [4.69, 9.17) is 9.57 Å². The molecular weight excluding hydrogens is 422 g/mol. The van der Waals surface area contributed by atoms with Crippen LogP contribution in [0.25, 0.3) is 0 Å². The van der Waals surface area contributed by atoms with Crippen LogP contribution in [0.2, 0.25) is 0 Å². The van der Waals surface area contributed by atoms with Crippen molar-refractivity contribution in [3.05, 3.63) is 67.8 Å². The first-order chi connectivity index (χ1) is 15.2. The molecule has 0 heterocycles. The van der Waals surface area contributed by atoms with E-state index in [9.17, 15) is 9.59 Å². The molecule has 1 saturated carbocycles. The topological polar surface area (TPSA) is 64.6 Å². The maximum atomic E-state index is 12.5. The summed E-state index contributed by atoms with van der Waals surface area (Å²) in [4.78, 5) is 30.8. The first-order valence-corrected chi connectivity index (χ1v) is 11.6. The van der Waals surface area contributed by atoms with E-state index < -0.39 is 5.60 Å². The van der Waals surface area contributed by atoms with Gasteiger partial charge in [0.1, 0.15) is 17.3 Å². The number of para-hydroxylation sites is 1. The number of Topliss-reactive ketones (excluding diaryl/α,β-unsaturated/α-hetero) is 1. The third kappa shape index (κ3) is 8.52.